The van der Waals surface area contributed by atoms with Crippen LogP contribution in [0.3, 0.4) is 0 Å². The molecule has 1 aromatic rings. The highest BCUT2D eigenvalue weighted by Crippen LogP contribution is 2.30. The fourth-order valence-electron chi connectivity index (χ4n) is 1.49. The van der Waals surface area contributed by atoms with Crippen LogP contribution in [0.2, 0.25) is 5.02 Å². The topological polar surface area (TPSA) is 86.5 Å². The minimum absolute atomic E-state index is 0.0544. The molecule has 0 aliphatic carbocycles. The number of rotatable bonds is 6. The first-order valence-electron chi connectivity index (χ1n) is 5.96. The summed E-state index contributed by atoms with van der Waals surface area (Å²) in [5, 5.41) is 5.15. The van der Waals surface area contributed by atoms with Crippen molar-refractivity contribution in [3.8, 4) is 0 Å². The smallest absolute Gasteiger partial charge is 0.338 e. The molecule has 0 bridgehead atoms. The van der Waals surface area contributed by atoms with Crippen LogP contribution < -0.4 is 5.14 Å². The highest BCUT2D eigenvalue weighted by atomic mass is 79.9. The zero-order valence-electron chi connectivity index (χ0n) is 10.9. The van der Waals surface area contributed by atoms with E-state index >= 15 is 0 Å². The number of ether oxygens (including phenoxy) is 1. The van der Waals surface area contributed by atoms with Crippen LogP contribution in [0.1, 0.15) is 36.5 Å². The number of esters is 1. The van der Waals surface area contributed by atoms with Crippen molar-refractivity contribution in [2.24, 2.45) is 5.14 Å². The summed E-state index contributed by atoms with van der Waals surface area (Å²) in [7, 11) is -3.98. The van der Waals surface area contributed by atoms with Crippen molar-refractivity contribution in [1.29, 1.82) is 0 Å². The maximum absolute atomic E-state index is 11.8. The molecule has 0 saturated carbocycles. The third-order valence-corrected chi connectivity index (χ3v) is 5.10. The summed E-state index contributed by atoms with van der Waals surface area (Å²) in [6.45, 7) is 2.32. The molecule has 5 nitrogen and oxygen atoms in total. The highest BCUT2D eigenvalue weighted by Gasteiger charge is 2.19. The molecule has 0 saturated heterocycles. The molecule has 0 aliphatic heterocycles. The van der Waals surface area contributed by atoms with Gasteiger partial charge in [0.05, 0.1) is 26.6 Å². The molecule has 2 N–H and O–H groups in total. The molecule has 0 radical (unpaired) electrons. The van der Waals surface area contributed by atoms with E-state index in [1.165, 1.54) is 6.07 Å². The summed E-state index contributed by atoms with van der Waals surface area (Å²) in [4.78, 5) is 11.6. The van der Waals surface area contributed by atoms with Gasteiger partial charge < -0.3 is 4.74 Å². The van der Waals surface area contributed by atoms with Gasteiger partial charge in [-0.25, -0.2) is 18.4 Å². The Morgan fingerprint density at radius 1 is 1.40 bits per heavy atom. The summed E-state index contributed by atoms with van der Waals surface area (Å²) in [6.07, 6.45) is 2.72. The first-order chi connectivity index (χ1) is 9.27. The minimum atomic E-state index is -3.98. The van der Waals surface area contributed by atoms with Crippen molar-refractivity contribution in [3.63, 3.8) is 0 Å². The molecule has 8 heteroatoms. The number of benzene rings is 1. The van der Waals surface area contributed by atoms with Crippen LogP contribution in [-0.2, 0) is 14.8 Å². The van der Waals surface area contributed by atoms with Crippen molar-refractivity contribution in [2.75, 3.05) is 6.61 Å². The zero-order valence-corrected chi connectivity index (χ0v) is 14.0. The van der Waals surface area contributed by atoms with Crippen molar-refractivity contribution in [1.82, 2.24) is 0 Å². The molecule has 0 atom stereocenters. The monoisotopic (exact) mass is 383 g/mol. The predicted octanol–water partition coefficient (Wildman–Crippen LogP) is 3.10. The van der Waals surface area contributed by atoms with Gasteiger partial charge in [0, 0.05) is 0 Å². The average Bonchev–Trinajstić information content (AvgIpc) is 2.36. The van der Waals surface area contributed by atoms with Gasteiger partial charge in [-0.3, -0.25) is 0 Å². The first-order valence-corrected chi connectivity index (χ1v) is 8.68. The van der Waals surface area contributed by atoms with Gasteiger partial charge in [-0.15, -0.1) is 0 Å². The fraction of sp³-hybridized carbons (Fsp3) is 0.417. The molecule has 1 rings (SSSR count). The molecule has 0 unspecified atom stereocenters. The molecular weight excluding hydrogens is 370 g/mol. The second kappa shape index (κ2) is 7.40. The van der Waals surface area contributed by atoms with Gasteiger partial charge in [0.2, 0.25) is 10.0 Å². The van der Waals surface area contributed by atoms with Gasteiger partial charge >= 0.3 is 5.97 Å². The maximum Gasteiger partial charge on any atom is 0.338 e. The van der Waals surface area contributed by atoms with Crippen LogP contribution in [0.25, 0.3) is 0 Å². The first kappa shape index (κ1) is 17.4. The number of sulfonamides is 1. The second-order valence-electron chi connectivity index (χ2n) is 4.16. The van der Waals surface area contributed by atoms with Crippen molar-refractivity contribution < 1.29 is 17.9 Å². The molecule has 0 aliphatic rings. The molecule has 0 spiro atoms. The van der Waals surface area contributed by atoms with Crippen LogP contribution in [-0.4, -0.2) is 21.0 Å². The van der Waals surface area contributed by atoms with E-state index < -0.39 is 16.0 Å². The van der Waals surface area contributed by atoms with Gasteiger partial charge in [-0.05, 0) is 34.5 Å². The van der Waals surface area contributed by atoms with Gasteiger partial charge in [0.15, 0.2) is 0 Å². The molecule has 0 amide bonds. The molecule has 112 valence electrons. The Bertz CT molecular complexity index is 604. The zero-order chi connectivity index (χ0) is 15.3. The van der Waals surface area contributed by atoms with E-state index in [4.69, 9.17) is 21.5 Å². The molecular formula is C12H15BrClNO4S. The van der Waals surface area contributed by atoms with Gasteiger partial charge in [0.1, 0.15) is 0 Å². The van der Waals surface area contributed by atoms with Crippen molar-refractivity contribution in [2.45, 2.75) is 31.1 Å². The quantitative estimate of drug-likeness (QED) is 0.603. The Labute approximate surface area is 131 Å². The summed E-state index contributed by atoms with van der Waals surface area (Å²) in [5.41, 5.74) is 0.0544. The summed E-state index contributed by atoms with van der Waals surface area (Å²) < 4.78 is 28.0. The highest BCUT2D eigenvalue weighted by molar-refractivity contribution is 9.10. The fourth-order valence-corrected chi connectivity index (χ4v) is 3.32. The van der Waals surface area contributed by atoms with Crippen LogP contribution in [0.5, 0.6) is 0 Å². The van der Waals surface area contributed by atoms with Gasteiger partial charge in [0.25, 0.3) is 0 Å². The van der Waals surface area contributed by atoms with E-state index in [-0.39, 0.29) is 26.6 Å². The van der Waals surface area contributed by atoms with E-state index in [2.05, 4.69) is 15.9 Å². The lowest BCUT2D eigenvalue weighted by Gasteiger charge is -2.08. The number of hydrogen-bond acceptors (Lipinski definition) is 4. The Balaban J connectivity index is 2.97. The summed E-state index contributed by atoms with van der Waals surface area (Å²) in [6, 6.07) is 2.48. The predicted molar refractivity (Wildman–Crippen MR) is 80.3 cm³/mol. The van der Waals surface area contributed by atoms with Crippen LogP contribution in [0.15, 0.2) is 21.5 Å². The van der Waals surface area contributed by atoms with Gasteiger partial charge in [-0.2, -0.15) is 0 Å². The van der Waals surface area contributed by atoms with E-state index in [0.29, 0.717) is 0 Å². The number of hydrogen-bond donors (Lipinski definition) is 1. The Morgan fingerprint density at radius 3 is 2.60 bits per heavy atom. The largest absolute Gasteiger partial charge is 0.462 e. The number of carbonyl (C=O) groups excluding carboxylic acids is 1. The lowest BCUT2D eigenvalue weighted by atomic mass is 10.2. The Hall–Kier alpha value is -0.630. The third-order valence-electron chi connectivity index (χ3n) is 2.52. The van der Waals surface area contributed by atoms with Gasteiger partial charge in [-0.1, -0.05) is 31.4 Å². The van der Waals surface area contributed by atoms with E-state index in [9.17, 15) is 13.2 Å². The van der Waals surface area contributed by atoms with Crippen LogP contribution in [0.4, 0.5) is 0 Å². The average molecular weight is 385 g/mol. The standard InChI is InChI=1S/C12H15BrClNO4S/c1-2-3-4-5-19-12(16)8-6-9(14)11(13)10(7-8)20(15,17)18/h6-7H,2-5H2,1H3,(H2,15,17,18). The van der Waals surface area contributed by atoms with Crippen molar-refractivity contribution >= 4 is 43.5 Å². The number of unbranched alkanes of at least 4 members (excludes halogenated alkanes) is 2. The lowest BCUT2D eigenvalue weighted by Crippen LogP contribution is -2.15. The minimum Gasteiger partial charge on any atom is -0.462 e. The number of halogens is 2. The Morgan fingerprint density at radius 2 is 2.05 bits per heavy atom. The van der Waals surface area contributed by atoms with Crippen molar-refractivity contribution in [3.05, 3.63) is 27.2 Å². The molecule has 1 aromatic carbocycles. The summed E-state index contributed by atoms with van der Waals surface area (Å²) in [5.74, 6) is -0.625. The number of nitrogens with two attached hydrogens (primary N) is 1. The normalized spacial score (nSPS) is 11.4. The SMILES string of the molecule is CCCCCOC(=O)c1cc(Cl)c(Br)c(S(N)(=O)=O)c1. The second-order valence-corrected chi connectivity index (χ2v) is 6.89. The molecule has 0 heterocycles. The molecule has 0 aromatic heterocycles. The molecule has 0 fully saturated rings. The number of primary sulfonamides is 1. The van der Waals surface area contributed by atoms with Crippen LogP contribution >= 0.6 is 27.5 Å². The number of carbonyl (C=O) groups is 1. The Kier molecular flexibility index (Phi) is 6.44. The lowest BCUT2D eigenvalue weighted by molar-refractivity contribution is 0.0498. The van der Waals surface area contributed by atoms with Crippen LogP contribution in [0, 0.1) is 0 Å². The summed E-state index contributed by atoms with van der Waals surface area (Å²) >= 11 is 8.91. The van der Waals surface area contributed by atoms with E-state index in [1.807, 2.05) is 6.92 Å². The maximum atomic E-state index is 11.8. The molecule has 20 heavy (non-hydrogen) atoms. The third kappa shape index (κ3) is 4.73. The van der Waals surface area contributed by atoms with E-state index in [0.717, 1.165) is 25.3 Å². The van der Waals surface area contributed by atoms with E-state index in [1.54, 1.807) is 0 Å².